The largest absolute Gasteiger partial charge is 0.416 e. The number of carbonyl (C=O) groups is 1. The van der Waals surface area contributed by atoms with Gasteiger partial charge in [0.2, 0.25) is 5.91 Å². The molecule has 0 unspecified atom stereocenters. The summed E-state index contributed by atoms with van der Waals surface area (Å²) in [4.78, 5) is 16.3. The molecule has 20 heavy (non-hydrogen) atoms. The van der Waals surface area contributed by atoms with Crippen LogP contribution in [0.4, 0.5) is 13.2 Å². The number of hydrogen-bond acceptors (Lipinski definition) is 2. The number of hydrogen-bond donors (Lipinski definition) is 1. The van der Waals surface area contributed by atoms with E-state index in [-0.39, 0.29) is 12.5 Å². The van der Waals surface area contributed by atoms with E-state index in [4.69, 9.17) is 4.84 Å². The Labute approximate surface area is 116 Å². The molecule has 1 amide bonds. The smallest absolute Gasteiger partial charge is 0.273 e. The van der Waals surface area contributed by atoms with E-state index in [1.165, 1.54) is 12.1 Å². The van der Waals surface area contributed by atoms with E-state index in [9.17, 15) is 18.0 Å². The van der Waals surface area contributed by atoms with Crippen LogP contribution in [0.15, 0.2) is 24.3 Å². The molecule has 0 aliphatic heterocycles. The Morgan fingerprint density at radius 2 is 1.85 bits per heavy atom. The standard InChI is InChI=1S/C14H18F3NO2/c1-2-3-4-5-13(19)18-20-10-11-6-8-12(9-7-11)14(15,16)17/h6-9H,2-5,10H2,1H3,(H,18,19). The van der Waals surface area contributed by atoms with Gasteiger partial charge in [0.15, 0.2) is 0 Å². The Morgan fingerprint density at radius 3 is 2.40 bits per heavy atom. The van der Waals surface area contributed by atoms with E-state index < -0.39 is 11.7 Å². The van der Waals surface area contributed by atoms with Crippen molar-refractivity contribution < 1.29 is 22.8 Å². The highest BCUT2D eigenvalue weighted by atomic mass is 19.4. The number of unbranched alkanes of at least 4 members (excludes halogenated alkanes) is 2. The first-order chi connectivity index (χ1) is 9.43. The number of amides is 1. The average molecular weight is 289 g/mol. The van der Waals surface area contributed by atoms with Crippen LogP contribution in [-0.4, -0.2) is 5.91 Å². The van der Waals surface area contributed by atoms with Crippen molar-refractivity contribution in [2.45, 2.75) is 45.4 Å². The van der Waals surface area contributed by atoms with Crippen molar-refractivity contribution in [2.24, 2.45) is 0 Å². The predicted molar refractivity (Wildman–Crippen MR) is 68.5 cm³/mol. The molecule has 1 aromatic carbocycles. The molecule has 0 spiro atoms. The van der Waals surface area contributed by atoms with E-state index >= 15 is 0 Å². The molecular formula is C14H18F3NO2. The van der Waals surface area contributed by atoms with E-state index in [2.05, 4.69) is 5.48 Å². The van der Waals surface area contributed by atoms with E-state index in [1.54, 1.807) is 0 Å². The molecule has 0 heterocycles. The molecular weight excluding hydrogens is 271 g/mol. The summed E-state index contributed by atoms with van der Waals surface area (Å²) in [7, 11) is 0. The molecule has 1 aromatic rings. The van der Waals surface area contributed by atoms with Gasteiger partial charge in [-0.25, -0.2) is 5.48 Å². The number of rotatable bonds is 7. The summed E-state index contributed by atoms with van der Waals surface area (Å²) >= 11 is 0. The maximum Gasteiger partial charge on any atom is 0.416 e. The van der Waals surface area contributed by atoms with Crippen LogP contribution >= 0.6 is 0 Å². The lowest BCUT2D eigenvalue weighted by Crippen LogP contribution is -2.23. The lowest BCUT2D eigenvalue weighted by atomic mass is 10.1. The summed E-state index contributed by atoms with van der Waals surface area (Å²) in [6.45, 7) is 2.08. The molecule has 6 heteroatoms. The average Bonchev–Trinajstić information content (AvgIpc) is 2.38. The first kappa shape index (κ1) is 16.5. The highest BCUT2D eigenvalue weighted by Crippen LogP contribution is 2.29. The first-order valence-electron chi connectivity index (χ1n) is 6.50. The number of benzene rings is 1. The van der Waals surface area contributed by atoms with Crippen LogP contribution in [0.25, 0.3) is 0 Å². The highest BCUT2D eigenvalue weighted by molar-refractivity contribution is 5.74. The summed E-state index contributed by atoms with van der Waals surface area (Å²) in [5.41, 5.74) is 2.13. The zero-order chi connectivity index (χ0) is 15.0. The number of nitrogens with one attached hydrogen (secondary N) is 1. The van der Waals surface area contributed by atoms with Crippen LogP contribution in [0.5, 0.6) is 0 Å². The van der Waals surface area contributed by atoms with Gasteiger partial charge < -0.3 is 0 Å². The maximum atomic E-state index is 12.3. The van der Waals surface area contributed by atoms with Crippen LogP contribution in [0, 0.1) is 0 Å². The van der Waals surface area contributed by atoms with Gasteiger partial charge in [-0.1, -0.05) is 31.9 Å². The van der Waals surface area contributed by atoms with Gasteiger partial charge in [0.25, 0.3) is 0 Å². The van der Waals surface area contributed by atoms with Crippen LogP contribution in [-0.2, 0) is 22.4 Å². The number of hydroxylamine groups is 1. The quantitative estimate of drug-likeness (QED) is 0.612. The summed E-state index contributed by atoms with van der Waals surface area (Å²) in [5.74, 6) is -0.217. The first-order valence-corrected chi connectivity index (χ1v) is 6.50. The predicted octanol–water partition coefficient (Wildman–Crippen LogP) is 3.83. The van der Waals surface area contributed by atoms with Gasteiger partial charge in [0.1, 0.15) is 0 Å². The molecule has 0 saturated carbocycles. The summed E-state index contributed by atoms with van der Waals surface area (Å²) in [6.07, 6.45) is -1.15. The lowest BCUT2D eigenvalue weighted by Gasteiger charge is -2.08. The van der Waals surface area contributed by atoms with E-state index in [0.717, 1.165) is 31.4 Å². The number of carbonyl (C=O) groups excluding carboxylic acids is 1. The minimum Gasteiger partial charge on any atom is -0.273 e. The van der Waals surface area contributed by atoms with Gasteiger partial charge in [-0.2, -0.15) is 13.2 Å². The minimum atomic E-state index is -4.34. The highest BCUT2D eigenvalue weighted by Gasteiger charge is 2.29. The topological polar surface area (TPSA) is 38.3 Å². The van der Waals surface area contributed by atoms with Crippen LogP contribution in [0.3, 0.4) is 0 Å². The lowest BCUT2D eigenvalue weighted by molar-refractivity contribution is -0.137. The third-order valence-corrected chi connectivity index (χ3v) is 2.71. The summed E-state index contributed by atoms with van der Waals surface area (Å²) < 4.78 is 37.0. The molecule has 0 radical (unpaired) electrons. The number of alkyl halides is 3. The summed E-state index contributed by atoms with van der Waals surface area (Å²) in [6, 6.07) is 4.63. The second-order valence-electron chi connectivity index (χ2n) is 4.47. The molecule has 0 saturated heterocycles. The van der Waals surface area contributed by atoms with Crippen molar-refractivity contribution in [1.82, 2.24) is 5.48 Å². The van der Waals surface area contributed by atoms with Crippen molar-refractivity contribution >= 4 is 5.91 Å². The third-order valence-electron chi connectivity index (χ3n) is 2.71. The fraction of sp³-hybridized carbons (Fsp3) is 0.500. The van der Waals surface area contributed by atoms with Crippen LogP contribution in [0.2, 0.25) is 0 Å². The Kier molecular flexibility index (Phi) is 6.51. The molecule has 0 fully saturated rings. The van der Waals surface area contributed by atoms with Crippen molar-refractivity contribution in [1.29, 1.82) is 0 Å². The monoisotopic (exact) mass is 289 g/mol. The molecule has 3 nitrogen and oxygen atoms in total. The fourth-order valence-corrected chi connectivity index (χ4v) is 1.58. The molecule has 112 valence electrons. The zero-order valence-electron chi connectivity index (χ0n) is 11.3. The molecule has 0 bridgehead atoms. The van der Waals surface area contributed by atoms with Crippen molar-refractivity contribution in [3.63, 3.8) is 0 Å². The van der Waals surface area contributed by atoms with Gasteiger partial charge in [-0.3, -0.25) is 9.63 Å². The Balaban J connectivity index is 2.30. The second-order valence-corrected chi connectivity index (χ2v) is 4.47. The Bertz CT molecular complexity index is 415. The number of halogens is 3. The van der Waals surface area contributed by atoms with Gasteiger partial charge in [0.05, 0.1) is 12.2 Å². The molecule has 0 aliphatic carbocycles. The molecule has 1 N–H and O–H groups in total. The van der Waals surface area contributed by atoms with E-state index in [1.807, 2.05) is 6.92 Å². The Hall–Kier alpha value is -1.56. The van der Waals surface area contributed by atoms with Gasteiger partial charge in [-0.05, 0) is 24.1 Å². The Morgan fingerprint density at radius 1 is 1.20 bits per heavy atom. The third kappa shape index (κ3) is 6.06. The zero-order valence-corrected chi connectivity index (χ0v) is 11.3. The minimum absolute atomic E-state index is 0.0393. The maximum absolute atomic E-state index is 12.3. The SMILES string of the molecule is CCCCCC(=O)NOCc1ccc(C(F)(F)F)cc1. The van der Waals surface area contributed by atoms with Crippen LogP contribution in [0.1, 0.15) is 43.7 Å². The molecule has 0 aliphatic rings. The van der Waals surface area contributed by atoms with Crippen molar-refractivity contribution in [2.75, 3.05) is 0 Å². The molecule has 0 atom stereocenters. The van der Waals surface area contributed by atoms with Crippen molar-refractivity contribution in [3.8, 4) is 0 Å². The van der Waals surface area contributed by atoms with Gasteiger partial charge in [0, 0.05) is 6.42 Å². The van der Waals surface area contributed by atoms with Crippen LogP contribution < -0.4 is 5.48 Å². The summed E-state index contributed by atoms with van der Waals surface area (Å²) in [5, 5.41) is 0. The molecule has 1 rings (SSSR count). The molecule has 0 aromatic heterocycles. The normalized spacial score (nSPS) is 11.4. The fourth-order valence-electron chi connectivity index (χ4n) is 1.58. The van der Waals surface area contributed by atoms with Gasteiger partial charge >= 0.3 is 6.18 Å². The van der Waals surface area contributed by atoms with Crippen molar-refractivity contribution in [3.05, 3.63) is 35.4 Å². The second kappa shape index (κ2) is 7.89. The van der Waals surface area contributed by atoms with Gasteiger partial charge in [-0.15, -0.1) is 0 Å². The van der Waals surface area contributed by atoms with E-state index in [0.29, 0.717) is 12.0 Å².